The van der Waals surface area contributed by atoms with Crippen LogP contribution in [0.4, 0.5) is 0 Å². The Hall–Kier alpha value is -3.65. The van der Waals surface area contributed by atoms with Gasteiger partial charge in [0.05, 0.1) is 6.04 Å². The summed E-state index contributed by atoms with van der Waals surface area (Å²) in [5, 5.41) is 8.68. The van der Waals surface area contributed by atoms with Gasteiger partial charge in [0.2, 0.25) is 17.7 Å². The molecular weight excluding hydrogens is 468 g/mol. The van der Waals surface area contributed by atoms with Crippen molar-refractivity contribution in [3.63, 3.8) is 0 Å². The Morgan fingerprint density at radius 2 is 1.81 bits per heavy atom. The van der Waals surface area contributed by atoms with Crippen LogP contribution in [0.15, 0.2) is 60.8 Å². The van der Waals surface area contributed by atoms with Crippen LogP contribution in [0, 0.1) is 5.92 Å². The molecule has 0 aliphatic carbocycles. The molecule has 0 radical (unpaired) electrons. The second-order valence-electron chi connectivity index (χ2n) is 10.1. The average molecular weight is 505 g/mol. The van der Waals surface area contributed by atoms with Crippen molar-refractivity contribution in [1.29, 1.82) is 0 Å². The van der Waals surface area contributed by atoms with Gasteiger partial charge in [-0.3, -0.25) is 19.3 Å². The largest absolute Gasteiger partial charge is 0.487 e. The Morgan fingerprint density at radius 3 is 2.46 bits per heavy atom. The summed E-state index contributed by atoms with van der Waals surface area (Å²) in [4.78, 5) is 42.3. The molecule has 0 unspecified atom stereocenters. The average Bonchev–Trinajstić information content (AvgIpc) is 3.32. The fourth-order valence-electron chi connectivity index (χ4n) is 4.83. The molecule has 3 amide bonds. The van der Waals surface area contributed by atoms with Crippen molar-refractivity contribution in [2.75, 3.05) is 13.6 Å². The van der Waals surface area contributed by atoms with Crippen molar-refractivity contribution in [1.82, 2.24) is 20.9 Å². The van der Waals surface area contributed by atoms with Crippen LogP contribution in [-0.2, 0) is 20.8 Å². The molecule has 2 bridgehead atoms. The molecule has 5 rings (SSSR count). The fourth-order valence-corrected chi connectivity index (χ4v) is 4.83. The number of nitrogens with zero attached hydrogens (tertiary/aromatic N) is 1. The third kappa shape index (κ3) is 6.77. The van der Waals surface area contributed by atoms with Crippen LogP contribution in [-0.4, -0.2) is 60.4 Å². The highest BCUT2D eigenvalue weighted by Gasteiger charge is 2.38. The van der Waals surface area contributed by atoms with Crippen LogP contribution in [0.1, 0.15) is 37.8 Å². The number of amides is 3. The van der Waals surface area contributed by atoms with Crippen molar-refractivity contribution in [3.8, 4) is 5.75 Å². The quantitative estimate of drug-likeness (QED) is 0.581. The highest BCUT2D eigenvalue weighted by molar-refractivity contribution is 5.94. The first-order valence-electron chi connectivity index (χ1n) is 12.9. The van der Waals surface area contributed by atoms with E-state index in [0.29, 0.717) is 12.2 Å². The summed E-state index contributed by atoms with van der Waals surface area (Å²) in [6.07, 6.45) is 4.67. The van der Waals surface area contributed by atoms with Gasteiger partial charge in [-0.2, -0.15) is 0 Å². The fraction of sp³-hybridized carbons (Fsp3) is 0.414. The third-order valence-corrected chi connectivity index (χ3v) is 6.96. The van der Waals surface area contributed by atoms with Crippen molar-refractivity contribution >= 4 is 23.8 Å². The Labute approximate surface area is 218 Å². The van der Waals surface area contributed by atoms with Gasteiger partial charge in [0.25, 0.3) is 0 Å². The molecule has 2 aromatic rings. The third-order valence-electron chi connectivity index (χ3n) is 6.96. The molecule has 3 aliphatic rings. The minimum Gasteiger partial charge on any atom is -0.487 e. The summed E-state index contributed by atoms with van der Waals surface area (Å²) < 4.78 is 6.31. The van der Waals surface area contributed by atoms with Crippen LogP contribution < -0.4 is 20.7 Å². The van der Waals surface area contributed by atoms with E-state index in [1.807, 2.05) is 80.4 Å². The van der Waals surface area contributed by atoms with Crippen LogP contribution >= 0.6 is 0 Å². The van der Waals surface area contributed by atoms with Gasteiger partial charge in [0.1, 0.15) is 23.9 Å². The zero-order valence-corrected chi connectivity index (χ0v) is 21.6. The van der Waals surface area contributed by atoms with Gasteiger partial charge in [0, 0.05) is 12.6 Å². The summed E-state index contributed by atoms with van der Waals surface area (Å²) >= 11 is 0. The van der Waals surface area contributed by atoms with Gasteiger partial charge < -0.3 is 20.7 Å². The molecule has 8 heteroatoms. The first-order valence-corrected chi connectivity index (χ1v) is 12.9. The highest BCUT2D eigenvalue weighted by atomic mass is 16.5. The predicted octanol–water partition coefficient (Wildman–Crippen LogP) is 2.50. The van der Waals surface area contributed by atoms with E-state index in [4.69, 9.17) is 4.74 Å². The predicted molar refractivity (Wildman–Crippen MR) is 143 cm³/mol. The number of fused-ring (bicyclic) bond motifs is 10. The van der Waals surface area contributed by atoms with Gasteiger partial charge in [-0.05, 0) is 61.7 Å². The summed E-state index contributed by atoms with van der Waals surface area (Å²) in [5.41, 5.74) is 1.80. The molecule has 3 aliphatic heterocycles. The molecule has 0 saturated carbocycles. The number of carbonyl (C=O) groups is 3. The number of hydrogen-bond donors (Lipinski definition) is 3. The molecule has 196 valence electrons. The van der Waals surface area contributed by atoms with Crippen molar-refractivity contribution in [3.05, 3.63) is 71.9 Å². The molecule has 1 saturated heterocycles. The van der Waals surface area contributed by atoms with Crippen LogP contribution in [0.2, 0.25) is 0 Å². The lowest BCUT2D eigenvalue weighted by molar-refractivity contribution is -0.135. The summed E-state index contributed by atoms with van der Waals surface area (Å²) in [5.74, 6) is -0.516. The van der Waals surface area contributed by atoms with E-state index < -0.39 is 24.1 Å². The van der Waals surface area contributed by atoms with Crippen LogP contribution in [0.5, 0.6) is 5.75 Å². The number of likely N-dealkylation sites (N-methyl/N-ethyl adjacent to an activating group) is 1. The second kappa shape index (κ2) is 12.1. The second-order valence-corrected chi connectivity index (χ2v) is 10.1. The minimum atomic E-state index is -0.995. The number of hydrogen-bond acceptors (Lipinski definition) is 5. The number of likely N-dealkylation sites (tertiary alicyclic amines) is 1. The van der Waals surface area contributed by atoms with E-state index in [0.717, 1.165) is 30.5 Å². The zero-order valence-electron chi connectivity index (χ0n) is 21.6. The molecule has 0 spiro atoms. The lowest BCUT2D eigenvalue weighted by Crippen LogP contribution is -2.61. The molecule has 37 heavy (non-hydrogen) atoms. The number of rotatable bonds is 5. The number of ether oxygens (including phenoxy) is 1. The first-order chi connectivity index (χ1) is 17.8. The van der Waals surface area contributed by atoms with E-state index in [-0.39, 0.29) is 23.8 Å². The number of nitrogens with one attached hydrogen (secondary N) is 3. The molecule has 0 aromatic heterocycles. The molecular formula is C29H36N4O4. The van der Waals surface area contributed by atoms with E-state index in [1.54, 1.807) is 12.3 Å². The summed E-state index contributed by atoms with van der Waals surface area (Å²) in [7, 11) is 1.91. The van der Waals surface area contributed by atoms with E-state index in [9.17, 15) is 14.4 Å². The van der Waals surface area contributed by atoms with Crippen LogP contribution in [0.25, 0.3) is 6.08 Å². The monoisotopic (exact) mass is 504 g/mol. The number of carbonyl (C=O) groups excluding carboxylic acids is 3. The summed E-state index contributed by atoms with van der Waals surface area (Å²) in [6.45, 7) is 4.73. The lowest BCUT2D eigenvalue weighted by atomic mass is 9.96. The maximum absolute atomic E-state index is 13.8. The van der Waals surface area contributed by atoms with Crippen molar-refractivity contribution < 1.29 is 19.1 Å². The summed E-state index contributed by atoms with van der Waals surface area (Å²) in [6, 6.07) is 14.8. The molecule has 3 N–H and O–H groups in total. The maximum Gasteiger partial charge on any atom is 0.247 e. The Morgan fingerprint density at radius 1 is 1.08 bits per heavy atom. The van der Waals surface area contributed by atoms with Gasteiger partial charge in [0.15, 0.2) is 0 Å². The topological polar surface area (TPSA) is 99.8 Å². The SMILES string of the molecule is CC(C)[C@@H]1Oc2ccc(cc2)/C=C\NC(=O)[C@H](Cc2ccccc2)NC(=O)[C@H]1NC(=O)[C@@H]1CCCN1C. The molecule has 3 heterocycles. The Kier molecular flexibility index (Phi) is 8.61. The van der Waals surface area contributed by atoms with Gasteiger partial charge >= 0.3 is 0 Å². The van der Waals surface area contributed by atoms with Crippen LogP contribution in [0.3, 0.4) is 0 Å². The Bertz CT molecular complexity index is 1120. The highest BCUT2D eigenvalue weighted by Crippen LogP contribution is 2.22. The molecule has 2 aromatic carbocycles. The zero-order chi connectivity index (χ0) is 26.4. The normalized spacial score (nSPS) is 25.6. The maximum atomic E-state index is 13.8. The van der Waals surface area contributed by atoms with E-state index >= 15 is 0 Å². The standard InChI is InChI=1S/C29H36N4O4/c1-19(2)26-25(32-28(35)24-10-7-17-33(24)3)29(36)31-23(18-21-8-5-4-6-9-21)27(34)30-16-15-20-11-13-22(37-26)14-12-20/h4-6,8-9,11-16,19,23-26H,7,10,17-18H2,1-3H3,(H,30,34)(H,31,36)(H,32,35)/b16-15-/t23-,24-,25-,26-/m0/s1. The smallest absolute Gasteiger partial charge is 0.247 e. The van der Waals surface area contributed by atoms with Gasteiger partial charge in [-0.25, -0.2) is 0 Å². The molecule has 1 fully saturated rings. The van der Waals surface area contributed by atoms with Gasteiger partial charge in [-0.1, -0.05) is 56.3 Å². The number of benzene rings is 2. The van der Waals surface area contributed by atoms with Crippen molar-refractivity contribution in [2.24, 2.45) is 5.92 Å². The minimum absolute atomic E-state index is 0.105. The first kappa shape index (κ1) is 26.4. The van der Waals surface area contributed by atoms with E-state index in [1.165, 1.54) is 0 Å². The molecule has 4 atom stereocenters. The van der Waals surface area contributed by atoms with E-state index in [2.05, 4.69) is 16.0 Å². The Balaban J connectivity index is 1.68. The lowest BCUT2D eigenvalue weighted by Gasteiger charge is -2.33. The van der Waals surface area contributed by atoms with Crippen molar-refractivity contribution in [2.45, 2.75) is 57.3 Å². The van der Waals surface area contributed by atoms with Gasteiger partial charge in [-0.15, -0.1) is 0 Å². The molecule has 8 nitrogen and oxygen atoms in total.